The summed E-state index contributed by atoms with van der Waals surface area (Å²) in [5.41, 5.74) is 0.0919. The summed E-state index contributed by atoms with van der Waals surface area (Å²) in [6, 6.07) is 3.37. The maximum absolute atomic E-state index is 12.5. The molecule has 0 aromatic carbocycles. The van der Waals surface area contributed by atoms with Gasteiger partial charge in [-0.15, -0.1) is 11.3 Å². The monoisotopic (exact) mass is 430 g/mol. The standard InChI is InChI=1S/C19H34N4O3S2/c1-3-20-18(22-16-19(11-14-24)9-5-4-6-10-19)21-12-13-23(2)28(25,26)17-8-7-15-27-17/h7-8,15,24H,3-6,9-14,16H2,1-2H3,(H2,20,21,22). The van der Waals surface area contributed by atoms with Crippen LogP contribution in [-0.2, 0) is 10.0 Å². The molecule has 7 nitrogen and oxygen atoms in total. The smallest absolute Gasteiger partial charge is 0.252 e. The normalized spacial score (nSPS) is 17.6. The third-order valence-corrected chi connectivity index (χ3v) is 8.58. The maximum Gasteiger partial charge on any atom is 0.252 e. The maximum atomic E-state index is 12.5. The van der Waals surface area contributed by atoms with Crippen LogP contribution < -0.4 is 10.6 Å². The van der Waals surface area contributed by atoms with E-state index in [0.717, 1.165) is 25.8 Å². The summed E-state index contributed by atoms with van der Waals surface area (Å²) in [6.07, 6.45) is 6.67. The second-order valence-electron chi connectivity index (χ2n) is 7.41. The lowest BCUT2D eigenvalue weighted by Gasteiger charge is -2.35. The van der Waals surface area contributed by atoms with Crippen molar-refractivity contribution in [2.24, 2.45) is 10.4 Å². The highest BCUT2D eigenvalue weighted by atomic mass is 32.2. The van der Waals surface area contributed by atoms with E-state index in [1.54, 1.807) is 24.6 Å². The highest BCUT2D eigenvalue weighted by Crippen LogP contribution is 2.39. The van der Waals surface area contributed by atoms with Crippen molar-refractivity contribution in [1.29, 1.82) is 0 Å². The van der Waals surface area contributed by atoms with E-state index in [0.29, 0.717) is 29.8 Å². The van der Waals surface area contributed by atoms with Crippen LogP contribution in [0.5, 0.6) is 0 Å². The minimum absolute atomic E-state index is 0.0919. The van der Waals surface area contributed by atoms with Gasteiger partial charge in [-0.05, 0) is 43.0 Å². The fraction of sp³-hybridized carbons (Fsp3) is 0.737. The zero-order valence-electron chi connectivity index (χ0n) is 17.0. The average Bonchev–Trinajstić information content (AvgIpc) is 3.23. The molecule has 0 radical (unpaired) electrons. The van der Waals surface area contributed by atoms with Gasteiger partial charge in [-0.3, -0.25) is 4.99 Å². The first-order valence-corrected chi connectivity index (χ1v) is 12.4. The lowest BCUT2D eigenvalue weighted by atomic mass is 9.72. The van der Waals surface area contributed by atoms with Gasteiger partial charge in [0.15, 0.2) is 5.96 Å². The van der Waals surface area contributed by atoms with E-state index >= 15 is 0 Å². The largest absolute Gasteiger partial charge is 0.396 e. The van der Waals surface area contributed by atoms with Crippen molar-refractivity contribution in [3.63, 3.8) is 0 Å². The molecule has 0 bridgehead atoms. The number of aliphatic hydroxyl groups is 1. The second kappa shape index (κ2) is 11.1. The SMILES string of the molecule is CCNC(=NCC1(CCO)CCCCC1)NCCN(C)S(=O)(=O)c1cccs1. The Morgan fingerprint density at radius 1 is 1.32 bits per heavy atom. The first-order valence-electron chi connectivity index (χ1n) is 10.1. The summed E-state index contributed by atoms with van der Waals surface area (Å²) in [7, 11) is -1.83. The highest BCUT2D eigenvalue weighted by molar-refractivity contribution is 7.91. The fourth-order valence-corrected chi connectivity index (χ4v) is 6.00. The van der Waals surface area contributed by atoms with E-state index in [2.05, 4.69) is 10.6 Å². The molecule has 0 atom stereocenters. The van der Waals surface area contributed by atoms with Gasteiger partial charge < -0.3 is 15.7 Å². The van der Waals surface area contributed by atoms with E-state index in [-0.39, 0.29) is 12.0 Å². The number of guanidine groups is 1. The lowest BCUT2D eigenvalue weighted by Crippen LogP contribution is -2.42. The second-order valence-corrected chi connectivity index (χ2v) is 10.6. The number of aliphatic hydroxyl groups excluding tert-OH is 1. The summed E-state index contributed by atoms with van der Waals surface area (Å²) in [6.45, 7) is 4.46. The van der Waals surface area contributed by atoms with Crippen LogP contribution in [0.4, 0.5) is 0 Å². The van der Waals surface area contributed by atoms with Gasteiger partial charge in [-0.1, -0.05) is 25.3 Å². The molecule has 1 fully saturated rings. The molecule has 0 aliphatic heterocycles. The van der Waals surface area contributed by atoms with Gasteiger partial charge in [0.05, 0.1) is 0 Å². The van der Waals surface area contributed by atoms with Crippen molar-refractivity contribution in [3.05, 3.63) is 17.5 Å². The molecule has 1 aromatic heterocycles. The van der Waals surface area contributed by atoms with Crippen molar-refractivity contribution in [3.8, 4) is 0 Å². The van der Waals surface area contributed by atoms with Gasteiger partial charge in [-0.25, -0.2) is 8.42 Å². The van der Waals surface area contributed by atoms with Crippen LogP contribution in [0.15, 0.2) is 26.7 Å². The molecule has 1 aromatic rings. The molecule has 160 valence electrons. The van der Waals surface area contributed by atoms with Crippen molar-refractivity contribution in [2.75, 3.05) is 39.8 Å². The van der Waals surface area contributed by atoms with Gasteiger partial charge in [0.1, 0.15) is 4.21 Å². The summed E-state index contributed by atoms with van der Waals surface area (Å²) in [5.74, 6) is 0.701. The number of thiophene rings is 1. The predicted molar refractivity (Wildman–Crippen MR) is 115 cm³/mol. The number of aliphatic imine (C=N–C) groups is 1. The van der Waals surface area contributed by atoms with E-state index in [1.807, 2.05) is 6.92 Å². The molecule has 0 saturated heterocycles. The van der Waals surface area contributed by atoms with Gasteiger partial charge in [0, 0.05) is 39.8 Å². The van der Waals surface area contributed by atoms with Crippen LogP contribution in [0, 0.1) is 5.41 Å². The number of rotatable bonds is 10. The minimum atomic E-state index is -3.43. The van der Waals surface area contributed by atoms with Crippen molar-refractivity contribution < 1.29 is 13.5 Å². The molecule has 0 spiro atoms. The molecule has 1 aliphatic carbocycles. The zero-order chi connectivity index (χ0) is 20.5. The van der Waals surface area contributed by atoms with Crippen LogP contribution in [0.2, 0.25) is 0 Å². The molecule has 28 heavy (non-hydrogen) atoms. The molecule has 3 N–H and O–H groups in total. The van der Waals surface area contributed by atoms with E-state index in [1.165, 1.54) is 34.9 Å². The van der Waals surface area contributed by atoms with Crippen molar-refractivity contribution in [2.45, 2.75) is 49.7 Å². The molecule has 0 unspecified atom stereocenters. The van der Waals surface area contributed by atoms with Gasteiger partial charge in [-0.2, -0.15) is 4.31 Å². The van der Waals surface area contributed by atoms with Crippen LogP contribution in [0.3, 0.4) is 0 Å². The summed E-state index contributed by atoms with van der Waals surface area (Å²) < 4.78 is 26.7. The van der Waals surface area contributed by atoms with Crippen LogP contribution in [0.1, 0.15) is 45.4 Å². The van der Waals surface area contributed by atoms with Gasteiger partial charge in [0.2, 0.25) is 0 Å². The molecule has 1 saturated carbocycles. The third kappa shape index (κ3) is 6.43. The molecular weight excluding hydrogens is 396 g/mol. The lowest BCUT2D eigenvalue weighted by molar-refractivity contribution is 0.137. The number of sulfonamides is 1. The van der Waals surface area contributed by atoms with E-state index in [4.69, 9.17) is 4.99 Å². The first kappa shape index (κ1) is 23.1. The summed E-state index contributed by atoms with van der Waals surface area (Å²) in [4.78, 5) is 4.75. The van der Waals surface area contributed by atoms with Crippen LogP contribution >= 0.6 is 11.3 Å². The summed E-state index contributed by atoms with van der Waals surface area (Å²) >= 11 is 1.23. The number of nitrogens with zero attached hydrogens (tertiary/aromatic N) is 2. The van der Waals surface area contributed by atoms with Crippen LogP contribution in [0.25, 0.3) is 0 Å². The Labute approximate surface area is 173 Å². The van der Waals surface area contributed by atoms with Crippen LogP contribution in [-0.4, -0.2) is 63.6 Å². The van der Waals surface area contributed by atoms with E-state index < -0.39 is 10.0 Å². The molecule has 2 rings (SSSR count). The number of likely N-dealkylation sites (N-methyl/N-ethyl adjacent to an activating group) is 1. The van der Waals surface area contributed by atoms with E-state index in [9.17, 15) is 13.5 Å². The molecule has 1 heterocycles. The Balaban J connectivity index is 1.92. The van der Waals surface area contributed by atoms with Crippen molar-refractivity contribution >= 4 is 27.3 Å². The Morgan fingerprint density at radius 2 is 2.07 bits per heavy atom. The topological polar surface area (TPSA) is 94.0 Å². The Bertz CT molecular complexity index is 693. The number of hydrogen-bond acceptors (Lipinski definition) is 5. The molecular formula is C19H34N4O3S2. The third-order valence-electron chi connectivity index (χ3n) is 5.35. The van der Waals surface area contributed by atoms with Gasteiger partial charge in [0.25, 0.3) is 10.0 Å². The predicted octanol–water partition coefficient (Wildman–Crippen LogP) is 2.26. The minimum Gasteiger partial charge on any atom is -0.396 e. The Morgan fingerprint density at radius 3 is 2.68 bits per heavy atom. The fourth-order valence-electron chi connectivity index (χ4n) is 3.63. The summed E-state index contributed by atoms with van der Waals surface area (Å²) in [5, 5.41) is 17.7. The number of nitrogens with one attached hydrogen (secondary N) is 2. The Hall–Kier alpha value is -1.16. The average molecular weight is 431 g/mol. The zero-order valence-corrected chi connectivity index (χ0v) is 18.6. The molecule has 9 heteroatoms. The molecule has 1 aliphatic rings. The van der Waals surface area contributed by atoms with Crippen molar-refractivity contribution in [1.82, 2.24) is 14.9 Å². The first-order chi connectivity index (χ1) is 13.4. The molecule has 0 amide bonds. The number of hydrogen-bond donors (Lipinski definition) is 3. The Kier molecular flexibility index (Phi) is 9.20. The van der Waals surface area contributed by atoms with Gasteiger partial charge >= 0.3 is 0 Å². The highest BCUT2D eigenvalue weighted by Gasteiger charge is 2.31. The quantitative estimate of drug-likeness (QED) is 0.391.